The molecule has 3 aromatic rings. The first kappa shape index (κ1) is 23.4. The molecule has 0 bridgehead atoms. The van der Waals surface area contributed by atoms with Crippen LogP contribution in [0.5, 0.6) is 0 Å². The van der Waals surface area contributed by atoms with Crippen molar-refractivity contribution in [2.24, 2.45) is 0 Å². The van der Waals surface area contributed by atoms with Crippen LogP contribution in [-0.2, 0) is 9.53 Å². The highest BCUT2D eigenvalue weighted by molar-refractivity contribution is 5.94. The maximum atomic E-state index is 13.2. The number of hydrogen-bond acceptors (Lipinski definition) is 6. The molecule has 1 aliphatic rings. The summed E-state index contributed by atoms with van der Waals surface area (Å²) >= 11 is 0. The van der Waals surface area contributed by atoms with Crippen molar-refractivity contribution < 1.29 is 9.53 Å². The molecule has 2 heterocycles. The van der Waals surface area contributed by atoms with E-state index in [-0.39, 0.29) is 17.9 Å². The van der Waals surface area contributed by atoms with Crippen LogP contribution in [0.3, 0.4) is 0 Å². The van der Waals surface area contributed by atoms with E-state index in [1.165, 1.54) is 0 Å². The van der Waals surface area contributed by atoms with Crippen LogP contribution >= 0.6 is 0 Å². The molecule has 7 nitrogen and oxygen atoms in total. The van der Waals surface area contributed by atoms with Crippen molar-refractivity contribution in [1.29, 1.82) is 5.26 Å². The van der Waals surface area contributed by atoms with Crippen LogP contribution in [-0.4, -0.2) is 43.7 Å². The van der Waals surface area contributed by atoms with Gasteiger partial charge in [-0.05, 0) is 41.3 Å². The molecule has 7 heteroatoms. The third-order valence-corrected chi connectivity index (χ3v) is 6.18. The van der Waals surface area contributed by atoms with E-state index in [2.05, 4.69) is 33.5 Å². The number of carbonyl (C=O) groups excluding carboxylic acids is 1. The van der Waals surface area contributed by atoms with Gasteiger partial charge in [-0.25, -0.2) is 4.98 Å². The molecule has 34 heavy (non-hydrogen) atoms. The fourth-order valence-corrected chi connectivity index (χ4v) is 3.95. The Labute approximate surface area is 200 Å². The Bertz CT molecular complexity index is 1120. The van der Waals surface area contributed by atoms with Gasteiger partial charge in [0, 0.05) is 26.7 Å². The minimum atomic E-state index is -0.527. The molecule has 174 valence electrons. The number of benzene rings is 2. The van der Waals surface area contributed by atoms with Crippen molar-refractivity contribution in [1.82, 2.24) is 10.3 Å². The van der Waals surface area contributed by atoms with Gasteiger partial charge in [0.1, 0.15) is 11.9 Å². The predicted molar refractivity (Wildman–Crippen MR) is 133 cm³/mol. The van der Waals surface area contributed by atoms with Gasteiger partial charge >= 0.3 is 0 Å². The second-order valence-corrected chi connectivity index (χ2v) is 8.54. The van der Waals surface area contributed by atoms with Crippen LogP contribution in [0.4, 0.5) is 11.5 Å². The number of methoxy groups -OCH3 is 1. The number of hydrogen-bond donors (Lipinski definition) is 2. The van der Waals surface area contributed by atoms with Crippen LogP contribution in [0, 0.1) is 11.3 Å². The predicted octanol–water partition coefficient (Wildman–Crippen LogP) is 3.86. The van der Waals surface area contributed by atoms with Gasteiger partial charge in [0.15, 0.2) is 0 Å². The maximum Gasteiger partial charge on any atom is 0.247 e. The minimum absolute atomic E-state index is 0.164. The number of anilines is 2. The topological polar surface area (TPSA) is 90.3 Å². The van der Waals surface area contributed by atoms with E-state index in [0.717, 1.165) is 29.9 Å². The monoisotopic (exact) mass is 455 g/mol. The Kier molecular flexibility index (Phi) is 7.53. The Morgan fingerprint density at radius 1 is 1.12 bits per heavy atom. The van der Waals surface area contributed by atoms with E-state index in [4.69, 9.17) is 10.00 Å². The van der Waals surface area contributed by atoms with Crippen molar-refractivity contribution in [3.05, 3.63) is 89.6 Å². The standard InChI is InChI=1S/C27H29N5O2/c1-19(21-10-8-20(14-28)9-11-21)15-30-26(22-6-4-3-5-7-22)27(33)31-25-13-12-23(16-29-25)32-17-24(18-32)34-2/h3-13,16,19,24,26,30H,15,17-18H2,1-2H3,(H,29,31,33)/t19-,26?/m1/s1. The normalized spacial score (nSPS) is 15.1. The molecule has 0 radical (unpaired) electrons. The smallest absolute Gasteiger partial charge is 0.247 e. The van der Waals surface area contributed by atoms with E-state index in [1.54, 1.807) is 13.3 Å². The van der Waals surface area contributed by atoms with Gasteiger partial charge in [-0.1, -0.05) is 49.4 Å². The molecule has 4 rings (SSSR count). The quantitative estimate of drug-likeness (QED) is 0.509. The summed E-state index contributed by atoms with van der Waals surface area (Å²) in [4.78, 5) is 19.9. The van der Waals surface area contributed by atoms with Crippen molar-refractivity contribution in [2.45, 2.75) is 25.0 Å². The van der Waals surface area contributed by atoms with Crippen LogP contribution in [0.2, 0.25) is 0 Å². The summed E-state index contributed by atoms with van der Waals surface area (Å²) in [6.45, 7) is 4.39. The molecule has 2 atom stereocenters. The maximum absolute atomic E-state index is 13.2. The zero-order valence-electron chi connectivity index (χ0n) is 19.4. The van der Waals surface area contributed by atoms with Gasteiger partial charge in [-0.2, -0.15) is 5.26 Å². The van der Waals surface area contributed by atoms with Crippen molar-refractivity contribution in [3.8, 4) is 6.07 Å². The lowest BCUT2D eigenvalue weighted by Crippen LogP contribution is -2.51. The number of nitriles is 1. The van der Waals surface area contributed by atoms with E-state index in [0.29, 0.717) is 17.9 Å². The second-order valence-electron chi connectivity index (χ2n) is 8.54. The average molecular weight is 456 g/mol. The summed E-state index contributed by atoms with van der Waals surface area (Å²) in [5.41, 5.74) is 3.64. The number of nitrogens with zero attached hydrogens (tertiary/aromatic N) is 3. The summed E-state index contributed by atoms with van der Waals surface area (Å²) in [7, 11) is 1.72. The molecule has 2 N–H and O–H groups in total. The summed E-state index contributed by atoms with van der Waals surface area (Å²) in [5.74, 6) is 0.513. The van der Waals surface area contributed by atoms with Crippen molar-refractivity contribution >= 4 is 17.4 Å². The zero-order valence-corrected chi connectivity index (χ0v) is 19.4. The second kappa shape index (κ2) is 10.9. The molecular weight excluding hydrogens is 426 g/mol. The van der Waals surface area contributed by atoms with Crippen molar-refractivity contribution in [3.63, 3.8) is 0 Å². The Hall–Kier alpha value is -3.73. The van der Waals surface area contributed by atoms with Gasteiger partial charge < -0.3 is 20.3 Å². The summed E-state index contributed by atoms with van der Waals surface area (Å²) < 4.78 is 5.32. The molecule has 1 aromatic heterocycles. The summed E-state index contributed by atoms with van der Waals surface area (Å²) in [5, 5.41) is 15.4. The highest BCUT2D eigenvalue weighted by Gasteiger charge is 2.27. The largest absolute Gasteiger partial charge is 0.378 e. The van der Waals surface area contributed by atoms with E-state index in [1.807, 2.05) is 66.7 Å². The highest BCUT2D eigenvalue weighted by atomic mass is 16.5. The van der Waals surface area contributed by atoms with Crippen molar-refractivity contribution in [2.75, 3.05) is 37.0 Å². The molecular formula is C27H29N5O2. The highest BCUT2D eigenvalue weighted by Crippen LogP contribution is 2.23. The lowest BCUT2D eigenvalue weighted by atomic mass is 9.98. The first-order chi connectivity index (χ1) is 16.6. The number of amides is 1. The Morgan fingerprint density at radius 3 is 2.47 bits per heavy atom. The molecule has 1 aliphatic heterocycles. The average Bonchev–Trinajstić information content (AvgIpc) is 2.85. The number of rotatable bonds is 9. The van der Waals surface area contributed by atoms with Crippen LogP contribution in [0.25, 0.3) is 0 Å². The van der Waals surface area contributed by atoms with E-state index >= 15 is 0 Å². The Balaban J connectivity index is 1.41. The minimum Gasteiger partial charge on any atom is -0.378 e. The number of nitrogens with one attached hydrogen (secondary N) is 2. The molecule has 0 saturated carbocycles. The number of aromatic nitrogens is 1. The lowest BCUT2D eigenvalue weighted by molar-refractivity contribution is -0.118. The third kappa shape index (κ3) is 5.60. The van der Waals surface area contributed by atoms with Gasteiger partial charge in [0.25, 0.3) is 0 Å². The van der Waals surface area contributed by atoms with Crippen LogP contribution in [0.1, 0.15) is 35.6 Å². The van der Waals surface area contributed by atoms with Gasteiger partial charge in [0.05, 0.1) is 29.6 Å². The lowest BCUT2D eigenvalue weighted by Gasteiger charge is -2.39. The molecule has 2 aromatic carbocycles. The first-order valence-electron chi connectivity index (χ1n) is 11.4. The number of ether oxygens (including phenoxy) is 1. The van der Waals surface area contributed by atoms with Crippen LogP contribution < -0.4 is 15.5 Å². The molecule has 1 saturated heterocycles. The van der Waals surface area contributed by atoms with E-state index in [9.17, 15) is 4.79 Å². The fraction of sp³-hybridized carbons (Fsp3) is 0.296. The fourth-order valence-electron chi connectivity index (χ4n) is 3.95. The van der Waals surface area contributed by atoms with Gasteiger partial charge in [0.2, 0.25) is 5.91 Å². The molecule has 0 spiro atoms. The van der Waals surface area contributed by atoms with Gasteiger partial charge in [-0.3, -0.25) is 4.79 Å². The molecule has 1 unspecified atom stereocenters. The number of pyridine rings is 1. The third-order valence-electron chi connectivity index (χ3n) is 6.18. The zero-order chi connectivity index (χ0) is 23.9. The summed E-state index contributed by atoms with van der Waals surface area (Å²) in [6, 6.07) is 22.6. The Morgan fingerprint density at radius 2 is 1.85 bits per heavy atom. The van der Waals surface area contributed by atoms with Gasteiger partial charge in [-0.15, -0.1) is 0 Å². The SMILES string of the molecule is COC1CN(c2ccc(NC(=O)C(NC[C@@H](C)c3ccc(C#N)cc3)c3ccccc3)nc2)C1. The van der Waals surface area contributed by atoms with Crippen LogP contribution in [0.15, 0.2) is 72.9 Å². The molecule has 0 aliphatic carbocycles. The molecule has 1 amide bonds. The summed E-state index contributed by atoms with van der Waals surface area (Å²) in [6.07, 6.45) is 2.04. The number of carbonyl (C=O) groups is 1. The molecule has 1 fully saturated rings. The van der Waals surface area contributed by atoms with E-state index < -0.39 is 6.04 Å². The first-order valence-corrected chi connectivity index (χ1v) is 11.4.